The predicted molar refractivity (Wildman–Crippen MR) is 112 cm³/mol. The molecule has 0 N–H and O–H groups in total. The molecule has 0 saturated carbocycles. The molecule has 126 valence electrons. The number of rotatable bonds is 3. The molecular formula is C26H22. The lowest BCUT2D eigenvalue weighted by atomic mass is 9.87. The van der Waals surface area contributed by atoms with Crippen LogP contribution in [0.2, 0.25) is 0 Å². The molecule has 4 aromatic rings. The summed E-state index contributed by atoms with van der Waals surface area (Å²) in [6.45, 7) is 4.38. The Hall–Kier alpha value is -3.12. The van der Waals surface area contributed by atoms with Crippen LogP contribution in [0.5, 0.6) is 0 Å². The van der Waals surface area contributed by atoms with E-state index in [0.29, 0.717) is 0 Å². The highest BCUT2D eigenvalue weighted by atomic mass is 14.2. The van der Waals surface area contributed by atoms with Crippen LogP contribution in [0, 0.1) is 13.8 Å². The molecule has 4 rings (SSSR count). The molecule has 0 aliphatic heterocycles. The van der Waals surface area contributed by atoms with Gasteiger partial charge in [0.05, 0.1) is 0 Å². The maximum atomic E-state index is 2.33. The highest BCUT2D eigenvalue weighted by Crippen LogP contribution is 2.39. The van der Waals surface area contributed by atoms with Crippen molar-refractivity contribution in [3.63, 3.8) is 0 Å². The first kappa shape index (κ1) is 16.4. The second kappa shape index (κ2) is 7.01. The van der Waals surface area contributed by atoms with E-state index in [1.165, 1.54) is 44.5 Å². The predicted octanol–water partition coefficient (Wildman–Crippen LogP) is 7.30. The first-order valence-electron chi connectivity index (χ1n) is 9.05. The molecule has 0 radical (unpaired) electrons. The lowest BCUT2D eigenvalue weighted by Gasteiger charge is -2.17. The monoisotopic (exact) mass is 334 g/mol. The Labute approximate surface area is 155 Å². The molecule has 0 aliphatic rings. The van der Waals surface area contributed by atoms with Crippen molar-refractivity contribution in [3.8, 4) is 33.4 Å². The normalized spacial score (nSPS) is 10.7. The van der Waals surface area contributed by atoms with Gasteiger partial charge in [0.2, 0.25) is 0 Å². The smallest absolute Gasteiger partial charge is 0.00963 e. The van der Waals surface area contributed by atoms with Gasteiger partial charge in [0.15, 0.2) is 0 Å². The van der Waals surface area contributed by atoms with E-state index >= 15 is 0 Å². The standard InChI is InChI=1S/C26H22/c1-19-17-25(22-13-7-4-8-14-22)26(18-20(19)2)24-16-10-9-15-23(24)21-11-5-3-6-12-21/h3-18H,1-2H3. The third-order valence-electron chi connectivity index (χ3n) is 5.02. The van der Waals surface area contributed by atoms with Crippen LogP contribution in [0.15, 0.2) is 97.1 Å². The fourth-order valence-electron chi connectivity index (χ4n) is 3.48. The van der Waals surface area contributed by atoms with Crippen LogP contribution in [0.3, 0.4) is 0 Å². The molecule has 0 heteroatoms. The molecule has 0 fully saturated rings. The summed E-state index contributed by atoms with van der Waals surface area (Å²) in [4.78, 5) is 0. The maximum absolute atomic E-state index is 2.33. The summed E-state index contributed by atoms with van der Waals surface area (Å²) in [6.07, 6.45) is 0. The zero-order valence-corrected chi connectivity index (χ0v) is 15.2. The lowest BCUT2D eigenvalue weighted by molar-refractivity contribution is 1.34. The van der Waals surface area contributed by atoms with Gasteiger partial charge in [0, 0.05) is 0 Å². The second-order valence-corrected chi connectivity index (χ2v) is 6.76. The highest BCUT2D eigenvalue weighted by molar-refractivity contribution is 5.92. The number of hydrogen-bond acceptors (Lipinski definition) is 0. The largest absolute Gasteiger partial charge is 0.0622 e. The molecule has 0 nitrogen and oxygen atoms in total. The van der Waals surface area contributed by atoms with Gasteiger partial charge in [-0.05, 0) is 58.4 Å². The fraction of sp³-hybridized carbons (Fsp3) is 0.0769. The van der Waals surface area contributed by atoms with Gasteiger partial charge in [-0.2, -0.15) is 0 Å². The van der Waals surface area contributed by atoms with Crippen LogP contribution in [-0.4, -0.2) is 0 Å². The maximum Gasteiger partial charge on any atom is -0.00963 e. The highest BCUT2D eigenvalue weighted by Gasteiger charge is 2.13. The van der Waals surface area contributed by atoms with Crippen molar-refractivity contribution >= 4 is 0 Å². The number of hydrogen-bond donors (Lipinski definition) is 0. The van der Waals surface area contributed by atoms with Gasteiger partial charge < -0.3 is 0 Å². The summed E-state index contributed by atoms with van der Waals surface area (Å²) in [5, 5.41) is 0. The number of aryl methyl sites for hydroxylation is 2. The Morgan fingerprint density at radius 2 is 0.808 bits per heavy atom. The van der Waals surface area contributed by atoms with E-state index in [9.17, 15) is 0 Å². The minimum atomic E-state index is 1.25. The van der Waals surface area contributed by atoms with Crippen molar-refractivity contribution in [1.29, 1.82) is 0 Å². The molecule has 0 bridgehead atoms. The number of benzene rings is 4. The third kappa shape index (κ3) is 3.07. The Morgan fingerprint density at radius 3 is 1.38 bits per heavy atom. The SMILES string of the molecule is Cc1cc(-c2ccccc2)c(-c2ccccc2-c2ccccc2)cc1C. The molecule has 0 unspecified atom stereocenters. The van der Waals surface area contributed by atoms with Crippen molar-refractivity contribution in [2.24, 2.45) is 0 Å². The van der Waals surface area contributed by atoms with E-state index in [2.05, 4.69) is 111 Å². The summed E-state index contributed by atoms with van der Waals surface area (Å²) in [6, 6.07) is 34.7. The van der Waals surface area contributed by atoms with E-state index in [0.717, 1.165) is 0 Å². The van der Waals surface area contributed by atoms with Crippen LogP contribution >= 0.6 is 0 Å². The zero-order valence-electron chi connectivity index (χ0n) is 15.2. The van der Waals surface area contributed by atoms with Crippen molar-refractivity contribution < 1.29 is 0 Å². The molecule has 0 heterocycles. The molecular weight excluding hydrogens is 312 g/mol. The van der Waals surface area contributed by atoms with E-state index < -0.39 is 0 Å². The van der Waals surface area contributed by atoms with Gasteiger partial charge in [-0.1, -0.05) is 97.1 Å². The molecule has 0 atom stereocenters. The summed E-state index contributed by atoms with van der Waals surface area (Å²) in [7, 11) is 0. The zero-order chi connectivity index (χ0) is 17.9. The van der Waals surface area contributed by atoms with Crippen LogP contribution < -0.4 is 0 Å². The lowest BCUT2D eigenvalue weighted by Crippen LogP contribution is -1.92. The quantitative estimate of drug-likeness (QED) is 0.368. The van der Waals surface area contributed by atoms with Crippen LogP contribution in [-0.2, 0) is 0 Å². The average molecular weight is 334 g/mol. The minimum Gasteiger partial charge on any atom is -0.0622 e. The van der Waals surface area contributed by atoms with Crippen molar-refractivity contribution in [1.82, 2.24) is 0 Å². The van der Waals surface area contributed by atoms with Crippen molar-refractivity contribution in [3.05, 3.63) is 108 Å². The van der Waals surface area contributed by atoms with Gasteiger partial charge >= 0.3 is 0 Å². The second-order valence-electron chi connectivity index (χ2n) is 6.76. The first-order chi connectivity index (χ1) is 12.7. The van der Waals surface area contributed by atoms with Crippen LogP contribution in [0.1, 0.15) is 11.1 Å². The molecule has 26 heavy (non-hydrogen) atoms. The first-order valence-corrected chi connectivity index (χ1v) is 9.05. The Morgan fingerprint density at radius 1 is 0.385 bits per heavy atom. The van der Waals surface area contributed by atoms with E-state index in [-0.39, 0.29) is 0 Å². The Bertz CT molecular complexity index is 1030. The minimum absolute atomic E-state index is 1.25. The summed E-state index contributed by atoms with van der Waals surface area (Å²) in [5.74, 6) is 0. The fourth-order valence-corrected chi connectivity index (χ4v) is 3.48. The molecule has 4 aromatic carbocycles. The average Bonchev–Trinajstić information content (AvgIpc) is 2.71. The van der Waals surface area contributed by atoms with Gasteiger partial charge in [0.25, 0.3) is 0 Å². The summed E-state index contributed by atoms with van der Waals surface area (Å²) in [5.41, 5.74) is 10.3. The van der Waals surface area contributed by atoms with E-state index in [4.69, 9.17) is 0 Å². The van der Waals surface area contributed by atoms with Crippen LogP contribution in [0.25, 0.3) is 33.4 Å². The van der Waals surface area contributed by atoms with Crippen molar-refractivity contribution in [2.45, 2.75) is 13.8 Å². The summed E-state index contributed by atoms with van der Waals surface area (Å²) >= 11 is 0. The van der Waals surface area contributed by atoms with Gasteiger partial charge in [-0.3, -0.25) is 0 Å². The molecule has 0 amide bonds. The molecule has 0 aromatic heterocycles. The molecule has 0 saturated heterocycles. The summed E-state index contributed by atoms with van der Waals surface area (Å²) < 4.78 is 0. The van der Waals surface area contributed by atoms with Crippen LogP contribution in [0.4, 0.5) is 0 Å². The van der Waals surface area contributed by atoms with Gasteiger partial charge in [0.1, 0.15) is 0 Å². The van der Waals surface area contributed by atoms with Gasteiger partial charge in [-0.15, -0.1) is 0 Å². The molecule has 0 aliphatic carbocycles. The third-order valence-corrected chi connectivity index (χ3v) is 5.02. The van der Waals surface area contributed by atoms with Crippen molar-refractivity contribution in [2.75, 3.05) is 0 Å². The Kier molecular flexibility index (Phi) is 4.41. The Balaban J connectivity index is 1.99. The van der Waals surface area contributed by atoms with E-state index in [1.807, 2.05) is 0 Å². The molecule has 0 spiro atoms. The topological polar surface area (TPSA) is 0 Å². The van der Waals surface area contributed by atoms with E-state index in [1.54, 1.807) is 0 Å². The van der Waals surface area contributed by atoms with Gasteiger partial charge in [-0.25, -0.2) is 0 Å².